The van der Waals surface area contributed by atoms with E-state index in [1.165, 1.54) is 0 Å². The van der Waals surface area contributed by atoms with E-state index in [2.05, 4.69) is 20.6 Å². The molecule has 0 aliphatic heterocycles. The average molecular weight is 268 g/mol. The standard InChI is InChI=1S/C13H24N4O2/c1-10-11(17-9-16-10)8-14-6-5-7-15-12(18)19-13(2,3)4/h9,14H,5-8H2,1-4H3,(H,15,18)(H,16,17). The first-order chi connectivity index (χ1) is 8.88. The lowest BCUT2D eigenvalue weighted by Gasteiger charge is -2.19. The molecule has 0 bridgehead atoms. The third-order valence-corrected chi connectivity index (χ3v) is 2.43. The number of carbonyl (C=O) groups excluding carboxylic acids is 1. The van der Waals surface area contributed by atoms with E-state index in [-0.39, 0.29) is 6.09 Å². The van der Waals surface area contributed by atoms with Crippen LogP contribution in [0.15, 0.2) is 6.33 Å². The van der Waals surface area contributed by atoms with Crippen LogP contribution in [0.2, 0.25) is 0 Å². The molecule has 0 fully saturated rings. The van der Waals surface area contributed by atoms with E-state index in [0.717, 1.165) is 30.9 Å². The van der Waals surface area contributed by atoms with E-state index in [4.69, 9.17) is 4.74 Å². The van der Waals surface area contributed by atoms with Gasteiger partial charge in [0, 0.05) is 18.8 Å². The number of imidazole rings is 1. The van der Waals surface area contributed by atoms with Crippen LogP contribution in [0, 0.1) is 6.92 Å². The number of nitrogens with one attached hydrogen (secondary N) is 3. The maximum atomic E-state index is 11.4. The van der Waals surface area contributed by atoms with Gasteiger partial charge in [-0.1, -0.05) is 0 Å². The van der Waals surface area contributed by atoms with Gasteiger partial charge in [0.1, 0.15) is 5.60 Å². The highest BCUT2D eigenvalue weighted by atomic mass is 16.6. The van der Waals surface area contributed by atoms with Crippen LogP contribution in [0.5, 0.6) is 0 Å². The van der Waals surface area contributed by atoms with Gasteiger partial charge in [-0.2, -0.15) is 0 Å². The van der Waals surface area contributed by atoms with Crippen molar-refractivity contribution in [3.8, 4) is 0 Å². The molecule has 1 aromatic heterocycles. The fraction of sp³-hybridized carbons (Fsp3) is 0.692. The molecular formula is C13H24N4O2. The lowest BCUT2D eigenvalue weighted by Crippen LogP contribution is -2.33. The smallest absolute Gasteiger partial charge is 0.407 e. The van der Waals surface area contributed by atoms with Gasteiger partial charge in [0.05, 0.1) is 12.0 Å². The average Bonchev–Trinajstić information content (AvgIpc) is 2.67. The Kier molecular flexibility index (Phi) is 5.82. The van der Waals surface area contributed by atoms with Crippen LogP contribution in [0.3, 0.4) is 0 Å². The minimum Gasteiger partial charge on any atom is -0.444 e. The van der Waals surface area contributed by atoms with Crippen LogP contribution in [0.1, 0.15) is 38.6 Å². The van der Waals surface area contributed by atoms with E-state index in [0.29, 0.717) is 6.54 Å². The van der Waals surface area contributed by atoms with Gasteiger partial charge in [0.15, 0.2) is 0 Å². The molecule has 0 unspecified atom stereocenters. The molecule has 0 saturated carbocycles. The third-order valence-electron chi connectivity index (χ3n) is 2.43. The second-order valence-corrected chi connectivity index (χ2v) is 5.43. The molecule has 1 heterocycles. The Morgan fingerprint density at radius 1 is 1.42 bits per heavy atom. The molecule has 1 rings (SSSR count). The first-order valence-corrected chi connectivity index (χ1v) is 6.55. The molecular weight excluding hydrogens is 244 g/mol. The van der Waals surface area contributed by atoms with Crippen molar-refractivity contribution in [3.05, 3.63) is 17.7 Å². The van der Waals surface area contributed by atoms with Crippen LogP contribution in [0.4, 0.5) is 4.79 Å². The van der Waals surface area contributed by atoms with Gasteiger partial charge >= 0.3 is 6.09 Å². The molecule has 0 atom stereocenters. The molecule has 0 aliphatic carbocycles. The quantitative estimate of drug-likeness (QED) is 0.686. The number of rotatable bonds is 6. The number of aromatic nitrogens is 2. The number of hydrogen-bond acceptors (Lipinski definition) is 4. The van der Waals surface area contributed by atoms with Gasteiger partial charge in [-0.3, -0.25) is 0 Å². The summed E-state index contributed by atoms with van der Waals surface area (Å²) in [5.74, 6) is 0. The van der Waals surface area contributed by atoms with Gasteiger partial charge < -0.3 is 20.4 Å². The molecule has 6 nitrogen and oxygen atoms in total. The van der Waals surface area contributed by atoms with Crippen molar-refractivity contribution in [2.24, 2.45) is 0 Å². The van der Waals surface area contributed by atoms with Crippen molar-refractivity contribution in [2.45, 2.75) is 46.3 Å². The number of amides is 1. The molecule has 6 heteroatoms. The van der Waals surface area contributed by atoms with Crippen molar-refractivity contribution >= 4 is 6.09 Å². The first-order valence-electron chi connectivity index (χ1n) is 6.55. The van der Waals surface area contributed by atoms with E-state index in [9.17, 15) is 4.79 Å². The normalized spacial score (nSPS) is 11.4. The number of H-pyrrole nitrogens is 1. The number of nitrogens with zero attached hydrogens (tertiary/aromatic N) is 1. The summed E-state index contributed by atoms with van der Waals surface area (Å²) in [6.45, 7) is 9.69. The van der Waals surface area contributed by atoms with Gasteiger partial charge in [0.2, 0.25) is 0 Å². The number of aryl methyl sites for hydroxylation is 1. The summed E-state index contributed by atoms with van der Waals surface area (Å²) in [7, 11) is 0. The Bertz CT molecular complexity index is 396. The molecule has 1 aromatic rings. The fourth-order valence-corrected chi connectivity index (χ4v) is 1.49. The largest absolute Gasteiger partial charge is 0.444 e. The highest BCUT2D eigenvalue weighted by molar-refractivity contribution is 5.67. The summed E-state index contributed by atoms with van der Waals surface area (Å²) in [5.41, 5.74) is 1.67. The molecule has 19 heavy (non-hydrogen) atoms. The molecule has 1 amide bonds. The predicted octanol–water partition coefficient (Wildman–Crippen LogP) is 1.72. The monoisotopic (exact) mass is 268 g/mol. The number of alkyl carbamates (subject to hydrolysis) is 1. The van der Waals surface area contributed by atoms with Crippen molar-refractivity contribution in [3.63, 3.8) is 0 Å². The van der Waals surface area contributed by atoms with Gasteiger partial charge in [-0.25, -0.2) is 9.78 Å². The molecule has 3 N–H and O–H groups in total. The summed E-state index contributed by atoms with van der Waals surface area (Å²) in [6.07, 6.45) is 2.18. The summed E-state index contributed by atoms with van der Waals surface area (Å²) < 4.78 is 5.13. The second-order valence-electron chi connectivity index (χ2n) is 5.43. The maximum Gasteiger partial charge on any atom is 0.407 e. The summed E-state index contributed by atoms with van der Waals surface area (Å²) in [6, 6.07) is 0. The van der Waals surface area contributed by atoms with Crippen LogP contribution < -0.4 is 10.6 Å². The molecule has 0 radical (unpaired) electrons. The van der Waals surface area contributed by atoms with Crippen LogP contribution in [-0.2, 0) is 11.3 Å². The minimum absolute atomic E-state index is 0.365. The van der Waals surface area contributed by atoms with Crippen LogP contribution in [0.25, 0.3) is 0 Å². The fourth-order valence-electron chi connectivity index (χ4n) is 1.49. The van der Waals surface area contributed by atoms with E-state index < -0.39 is 5.60 Å². The van der Waals surface area contributed by atoms with Crippen molar-refractivity contribution in [2.75, 3.05) is 13.1 Å². The lowest BCUT2D eigenvalue weighted by molar-refractivity contribution is 0.0527. The van der Waals surface area contributed by atoms with Crippen LogP contribution >= 0.6 is 0 Å². The number of ether oxygens (including phenoxy) is 1. The number of hydrogen-bond donors (Lipinski definition) is 3. The highest BCUT2D eigenvalue weighted by Gasteiger charge is 2.15. The zero-order valence-corrected chi connectivity index (χ0v) is 12.2. The molecule has 0 spiro atoms. The predicted molar refractivity (Wildman–Crippen MR) is 73.9 cm³/mol. The molecule has 0 aromatic carbocycles. The van der Waals surface area contributed by atoms with E-state index in [1.807, 2.05) is 27.7 Å². The Morgan fingerprint density at radius 3 is 2.74 bits per heavy atom. The number of carbonyl (C=O) groups is 1. The topological polar surface area (TPSA) is 79.0 Å². The third kappa shape index (κ3) is 6.81. The lowest BCUT2D eigenvalue weighted by atomic mass is 10.2. The Labute approximate surface area is 114 Å². The summed E-state index contributed by atoms with van der Waals surface area (Å²) >= 11 is 0. The Hall–Kier alpha value is -1.56. The van der Waals surface area contributed by atoms with E-state index in [1.54, 1.807) is 6.33 Å². The Morgan fingerprint density at radius 2 is 2.16 bits per heavy atom. The first kappa shape index (κ1) is 15.5. The van der Waals surface area contributed by atoms with Crippen molar-refractivity contribution in [1.29, 1.82) is 0 Å². The van der Waals surface area contributed by atoms with Gasteiger partial charge in [0.25, 0.3) is 0 Å². The molecule has 0 aliphatic rings. The molecule has 0 saturated heterocycles. The van der Waals surface area contributed by atoms with Gasteiger partial charge in [-0.15, -0.1) is 0 Å². The second kappa shape index (κ2) is 7.13. The SMILES string of the molecule is Cc1[nH]cnc1CNCCCNC(=O)OC(C)(C)C. The van der Waals surface area contributed by atoms with Crippen LogP contribution in [-0.4, -0.2) is 34.8 Å². The number of aromatic amines is 1. The highest BCUT2D eigenvalue weighted by Crippen LogP contribution is 2.06. The Balaban J connectivity index is 2.03. The summed E-state index contributed by atoms with van der Waals surface area (Å²) in [4.78, 5) is 18.6. The zero-order chi connectivity index (χ0) is 14.3. The minimum atomic E-state index is -0.445. The van der Waals surface area contributed by atoms with Gasteiger partial charge in [-0.05, 0) is 40.7 Å². The van der Waals surface area contributed by atoms with E-state index >= 15 is 0 Å². The summed E-state index contributed by atoms with van der Waals surface area (Å²) in [5, 5.41) is 6.00. The van der Waals surface area contributed by atoms with Crippen molar-refractivity contribution < 1.29 is 9.53 Å². The maximum absolute atomic E-state index is 11.4. The molecule has 108 valence electrons. The van der Waals surface area contributed by atoms with Crippen molar-refractivity contribution in [1.82, 2.24) is 20.6 Å². The zero-order valence-electron chi connectivity index (χ0n) is 12.2.